The second kappa shape index (κ2) is 10.4. The van der Waals surface area contributed by atoms with Crippen LogP contribution >= 0.6 is 11.6 Å². The molecule has 3 aromatic carbocycles. The number of amides is 2. The molecule has 0 heterocycles. The number of non-ortho nitro benzene ring substituents is 1. The number of rotatable bonds is 8. The van der Waals surface area contributed by atoms with E-state index in [2.05, 4.69) is 5.32 Å². The quantitative estimate of drug-likeness (QED) is 0.398. The normalized spacial score (nSPS) is 10.3. The maximum absolute atomic E-state index is 13.1. The highest BCUT2D eigenvalue weighted by atomic mass is 35.5. The number of nitro groups is 1. The Bertz CT molecular complexity index is 1120. The average molecular weight is 454 g/mol. The summed E-state index contributed by atoms with van der Waals surface area (Å²) in [5.74, 6) is -0.669. The van der Waals surface area contributed by atoms with Crippen LogP contribution < -0.4 is 10.1 Å². The number of hydrogen-bond acceptors (Lipinski definition) is 5. The third-order valence-corrected chi connectivity index (χ3v) is 4.85. The van der Waals surface area contributed by atoms with Crippen LogP contribution in [0, 0.1) is 10.1 Å². The second-order valence-corrected chi connectivity index (χ2v) is 7.28. The van der Waals surface area contributed by atoms with Crippen molar-refractivity contribution in [3.63, 3.8) is 0 Å². The first kappa shape index (κ1) is 22.8. The number of halogens is 1. The molecule has 0 aliphatic rings. The zero-order valence-corrected chi connectivity index (χ0v) is 17.9. The fourth-order valence-electron chi connectivity index (χ4n) is 3.04. The third-order valence-electron chi connectivity index (χ3n) is 4.60. The van der Waals surface area contributed by atoms with Crippen molar-refractivity contribution in [2.75, 3.05) is 19.0 Å². The lowest BCUT2D eigenvalue weighted by atomic mass is 10.1. The minimum Gasteiger partial charge on any atom is -0.494 e. The highest BCUT2D eigenvalue weighted by Crippen LogP contribution is 2.29. The topological polar surface area (TPSA) is 102 Å². The van der Waals surface area contributed by atoms with E-state index in [1.54, 1.807) is 24.3 Å². The van der Waals surface area contributed by atoms with Gasteiger partial charge in [-0.1, -0.05) is 41.9 Å². The van der Waals surface area contributed by atoms with Gasteiger partial charge in [-0.05, 0) is 35.9 Å². The molecule has 3 aromatic rings. The molecule has 0 saturated carbocycles. The van der Waals surface area contributed by atoms with Crippen LogP contribution in [0.3, 0.4) is 0 Å². The first-order chi connectivity index (χ1) is 15.4. The van der Waals surface area contributed by atoms with Crippen molar-refractivity contribution in [3.8, 4) is 5.75 Å². The molecule has 0 aromatic heterocycles. The Morgan fingerprint density at radius 2 is 1.75 bits per heavy atom. The molecule has 9 heteroatoms. The molecule has 0 fully saturated rings. The monoisotopic (exact) mass is 453 g/mol. The number of nitro benzene ring substituents is 1. The Morgan fingerprint density at radius 1 is 1.06 bits per heavy atom. The maximum Gasteiger partial charge on any atom is 0.273 e. The van der Waals surface area contributed by atoms with E-state index in [9.17, 15) is 19.7 Å². The molecule has 0 aliphatic carbocycles. The summed E-state index contributed by atoms with van der Waals surface area (Å²) in [4.78, 5) is 37.7. The number of methoxy groups -OCH3 is 1. The summed E-state index contributed by atoms with van der Waals surface area (Å²) in [6.45, 7) is -0.0242. The SMILES string of the molecule is COc1cc([N+](=O)[O-])ccc1NC(=O)CN(Cc1ccccc1)C(=O)c1ccc(Cl)cc1. The van der Waals surface area contributed by atoms with Gasteiger partial charge in [0, 0.05) is 23.2 Å². The summed E-state index contributed by atoms with van der Waals surface area (Å²) in [6.07, 6.45) is 0. The van der Waals surface area contributed by atoms with E-state index in [0.717, 1.165) is 5.56 Å². The van der Waals surface area contributed by atoms with Gasteiger partial charge in [-0.2, -0.15) is 0 Å². The summed E-state index contributed by atoms with van der Waals surface area (Å²) in [5, 5.41) is 14.1. The van der Waals surface area contributed by atoms with Crippen molar-refractivity contribution in [2.24, 2.45) is 0 Å². The molecule has 32 heavy (non-hydrogen) atoms. The number of hydrogen-bond donors (Lipinski definition) is 1. The zero-order chi connectivity index (χ0) is 23.1. The molecule has 1 N–H and O–H groups in total. The molecule has 0 saturated heterocycles. The van der Waals surface area contributed by atoms with Crippen molar-refractivity contribution < 1.29 is 19.2 Å². The van der Waals surface area contributed by atoms with Crippen molar-refractivity contribution in [3.05, 3.63) is 99.1 Å². The van der Waals surface area contributed by atoms with Crippen LogP contribution in [0.4, 0.5) is 11.4 Å². The zero-order valence-electron chi connectivity index (χ0n) is 17.2. The lowest BCUT2D eigenvalue weighted by Crippen LogP contribution is -2.37. The van der Waals surface area contributed by atoms with Gasteiger partial charge in [0.1, 0.15) is 12.3 Å². The number of carbonyl (C=O) groups excluding carboxylic acids is 2. The number of nitrogens with one attached hydrogen (secondary N) is 1. The van der Waals surface area contributed by atoms with Crippen LogP contribution in [-0.4, -0.2) is 35.3 Å². The second-order valence-electron chi connectivity index (χ2n) is 6.84. The fraction of sp³-hybridized carbons (Fsp3) is 0.130. The summed E-state index contributed by atoms with van der Waals surface area (Å²) >= 11 is 5.92. The van der Waals surface area contributed by atoms with Gasteiger partial charge in [0.2, 0.25) is 5.91 Å². The molecule has 0 atom stereocenters. The number of carbonyl (C=O) groups is 2. The highest BCUT2D eigenvalue weighted by molar-refractivity contribution is 6.30. The summed E-state index contributed by atoms with van der Waals surface area (Å²) < 4.78 is 5.15. The molecular formula is C23H20ClN3O5. The van der Waals surface area contributed by atoms with Crippen molar-refractivity contribution in [1.29, 1.82) is 0 Å². The summed E-state index contributed by atoms with van der Waals surface area (Å²) in [6, 6.07) is 19.6. The third kappa shape index (κ3) is 5.83. The predicted molar refractivity (Wildman–Crippen MR) is 121 cm³/mol. The first-order valence-corrected chi connectivity index (χ1v) is 9.96. The van der Waals surface area contributed by atoms with E-state index in [0.29, 0.717) is 10.6 Å². The average Bonchev–Trinajstić information content (AvgIpc) is 2.79. The Hall–Kier alpha value is -3.91. The van der Waals surface area contributed by atoms with Gasteiger partial charge >= 0.3 is 0 Å². The minimum absolute atomic E-state index is 0.145. The number of ether oxygens (including phenoxy) is 1. The highest BCUT2D eigenvalue weighted by Gasteiger charge is 2.21. The van der Waals surface area contributed by atoms with E-state index in [4.69, 9.17) is 16.3 Å². The van der Waals surface area contributed by atoms with Crippen LogP contribution in [0.25, 0.3) is 0 Å². The van der Waals surface area contributed by atoms with E-state index in [1.807, 2.05) is 30.3 Å². The van der Waals surface area contributed by atoms with Crippen LogP contribution in [0.15, 0.2) is 72.8 Å². The Kier molecular flexibility index (Phi) is 7.41. The van der Waals surface area contributed by atoms with E-state index < -0.39 is 10.8 Å². The van der Waals surface area contributed by atoms with E-state index in [1.165, 1.54) is 30.2 Å². The minimum atomic E-state index is -0.555. The molecule has 8 nitrogen and oxygen atoms in total. The molecule has 0 bridgehead atoms. The molecule has 0 radical (unpaired) electrons. The van der Waals surface area contributed by atoms with Crippen LogP contribution in [0.1, 0.15) is 15.9 Å². The molecule has 2 amide bonds. The van der Waals surface area contributed by atoms with Gasteiger partial charge in [0.25, 0.3) is 11.6 Å². The lowest BCUT2D eigenvalue weighted by molar-refractivity contribution is -0.384. The summed E-state index contributed by atoms with van der Waals surface area (Å²) in [7, 11) is 1.35. The molecule has 164 valence electrons. The maximum atomic E-state index is 13.1. The standard InChI is InChI=1S/C23H20ClN3O5/c1-32-21-13-19(27(30)31)11-12-20(21)25-22(28)15-26(14-16-5-3-2-4-6-16)23(29)17-7-9-18(24)10-8-17/h2-13H,14-15H2,1H3,(H,25,28). The van der Waals surface area contributed by atoms with Gasteiger partial charge in [-0.3, -0.25) is 19.7 Å². The molecule has 0 aliphatic heterocycles. The smallest absolute Gasteiger partial charge is 0.273 e. The van der Waals surface area contributed by atoms with Crippen LogP contribution in [-0.2, 0) is 11.3 Å². The lowest BCUT2D eigenvalue weighted by Gasteiger charge is -2.23. The van der Waals surface area contributed by atoms with Gasteiger partial charge < -0.3 is 15.0 Å². The fourth-order valence-corrected chi connectivity index (χ4v) is 3.16. The van der Waals surface area contributed by atoms with E-state index >= 15 is 0 Å². The van der Waals surface area contributed by atoms with Gasteiger partial charge in [-0.15, -0.1) is 0 Å². The molecule has 0 spiro atoms. The van der Waals surface area contributed by atoms with E-state index in [-0.39, 0.29) is 36.1 Å². The summed E-state index contributed by atoms with van der Waals surface area (Å²) in [5.41, 5.74) is 1.35. The van der Waals surface area contributed by atoms with Crippen molar-refractivity contribution in [2.45, 2.75) is 6.54 Å². The number of nitrogens with zero attached hydrogens (tertiary/aromatic N) is 2. The van der Waals surface area contributed by atoms with Gasteiger partial charge in [-0.25, -0.2) is 0 Å². The molecule has 3 rings (SSSR count). The van der Waals surface area contributed by atoms with Crippen LogP contribution in [0.5, 0.6) is 5.75 Å². The first-order valence-electron chi connectivity index (χ1n) is 9.58. The predicted octanol–water partition coefficient (Wildman–Crippen LogP) is 4.54. The van der Waals surface area contributed by atoms with Crippen molar-refractivity contribution in [1.82, 2.24) is 4.90 Å². The number of anilines is 1. The Balaban J connectivity index is 1.81. The van der Waals surface area contributed by atoms with Gasteiger partial charge in [0.15, 0.2) is 0 Å². The Labute approximate surface area is 189 Å². The number of benzene rings is 3. The van der Waals surface area contributed by atoms with Crippen LogP contribution in [0.2, 0.25) is 5.02 Å². The molecular weight excluding hydrogens is 434 g/mol. The van der Waals surface area contributed by atoms with Crippen molar-refractivity contribution >= 4 is 34.8 Å². The van der Waals surface area contributed by atoms with Gasteiger partial charge in [0.05, 0.1) is 23.8 Å². The molecule has 0 unspecified atom stereocenters. The Morgan fingerprint density at radius 3 is 2.38 bits per heavy atom. The largest absolute Gasteiger partial charge is 0.494 e.